The second kappa shape index (κ2) is 4.37. The van der Waals surface area contributed by atoms with Crippen molar-refractivity contribution in [2.75, 3.05) is 17.6 Å². The van der Waals surface area contributed by atoms with E-state index in [0.717, 1.165) is 36.7 Å². The highest BCUT2D eigenvalue weighted by Crippen LogP contribution is 2.30. The van der Waals surface area contributed by atoms with Crippen LogP contribution in [0.15, 0.2) is 30.5 Å². The highest BCUT2D eigenvalue weighted by molar-refractivity contribution is 5.44. The molecule has 18 heavy (non-hydrogen) atoms. The molecule has 0 fully saturated rings. The maximum atomic E-state index is 5.88. The number of nitrogen functional groups attached to an aromatic ring is 1. The van der Waals surface area contributed by atoms with Crippen LogP contribution >= 0.6 is 0 Å². The smallest absolute Gasteiger partial charge is 0.203 e. The van der Waals surface area contributed by atoms with Gasteiger partial charge in [-0.3, -0.25) is 0 Å². The molecular weight excluding hydrogens is 224 g/mol. The molecular formula is C14H18N4. The summed E-state index contributed by atoms with van der Waals surface area (Å²) in [5, 5.41) is 3.35. The molecule has 1 aromatic heterocycles. The molecule has 3 rings (SSSR count). The van der Waals surface area contributed by atoms with Crippen LogP contribution in [0.2, 0.25) is 0 Å². The van der Waals surface area contributed by atoms with Crippen molar-refractivity contribution in [3.63, 3.8) is 0 Å². The summed E-state index contributed by atoms with van der Waals surface area (Å²) in [4.78, 5) is 4.59. The molecule has 94 valence electrons. The molecule has 4 heteroatoms. The lowest BCUT2D eigenvalue weighted by Gasteiger charge is -2.26. The number of benzene rings is 1. The van der Waals surface area contributed by atoms with Crippen molar-refractivity contribution in [3.8, 4) is 0 Å². The monoisotopic (exact) mass is 242 g/mol. The number of nitrogens with one attached hydrogen (secondary N) is 1. The fourth-order valence-electron chi connectivity index (χ4n) is 2.54. The molecule has 2 aromatic rings. The highest BCUT2D eigenvalue weighted by atomic mass is 15.2. The minimum absolute atomic E-state index is 0.345. The fraction of sp³-hybridized carbons (Fsp3) is 0.357. The normalized spacial score (nSPS) is 18.2. The summed E-state index contributed by atoms with van der Waals surface area (Å²) >= 11 is 0. The van der Waals surface area contributed by atoms with Gasteiger partial charge in [-0.1, -0.05) is 19.1 Å². The Kier molecular flexibility index (Phi) is 2.70. The van der Waals surface area contributed by atoms with Crippen LogP contribution < -0.4 is 11.1 Å². The molecule has 0 amide bonds. The molecule has 1 atom stereocenters. The van der Waals surface area contributed by atoms with Crippen molar-refractivity contribution in [3.05, 3.63) is 41.7 Å². The van der Waals surface area contributed by atoms with Crippen molar-refractivity contribution >= 4 is 11.6 Å². The van der Waals surface area contributed by atoms with Gasteiger partial charge in [0.2, 0.25) is 5.95 Å². The van der Waals surface area contributed by atoms with Gasteiger partial charge in [-0.25, -0.2) is 4.98 Å². The Morgan fingerprint density at radius 1 is 1.50 bits per heavy atom. The summed E-state index contributed by atoms with van der Waals surface area (Å²) in [6.45, 7) is 3.09. The summed E-state index contributed by atoms with van der Waals surface area (Å²) in [5.41, 5.74) is 9.09. The summed E-state index contributed by atoms with van der Waals surface area (Å²) in [6, 6.07) is 8.49. The third-order valence-electron chi connectivity index (χ3n) is 3.48. The van der Waals surface area contributed by atoms with Crippen molar-refractivity contribution in [1.29, 1.82) is 0 Å². The Balaban J connectivity index is 2.02. The zero-order valence-electron chi connectivity index (χ0n) is 10.6. The Labute approximate surface area is 107 Å². The predicted molar refractivity (Wildman–Crippen MR) is 73.7 cm³/mol. The van der Waals surface area contributed by atoms with Gasteiger partial charge in [-0.15, -0.1) is 0 Å². The van der Waals surface area contributed by atoms with Crippen LogP contribution in [0.4, 0.5) is 11.6 Å². The lowest BCUT2D eigenvalue weighted by Crippen LogP contribution is -2.23. The third-order valence-corrected chi connectivity index (χ3v) is 3.48. The molecule has 2 heterocycles. The zero-order chi connectivity index (χ0) is 12.5. The summed E-state index contributed by atoms with van der Waals surface area (Å²) in [5.74, 6) is 0.977. The molecule has 0 bridgehead atoms. The molecule has 3 N–H and O–H groups in total. The van der Waals surface area contributed by atoms with Gasteiger partial charge < -0.3 is 15.6 Å². The first kappa shape index (κ1) is 11.1. The van der Waals surface area contributed by atoms with Crippen LogP contribution in [0, 0.1) is 0 Å². The number of hydrogen-bond donors (Lipinski definition) is 2. The molecule has 0 saturated carbocycles. The van der Waals surface area contributed by atoms with E-state index in [-0.39, 0.29) is 0 Å². The van der Waals surface area contributed by atoms with Crippen LogP contribution in [-0.4, -0.2) is 16.1 Å². The van der Waals surface area contributed by atoms with Gasteiger partial charge in [0.25, 0.3) is 0 Å². The van der Waals surface area contributed by atoms with Crippen LogP contribution in [-0.2, 0) is 6.42 Å². The Morgan fingerprint density at radius 3 is 3.17 bits per heavy atom. The van der Waals surface area contributed by atoms with Gasteiger partial charge in [-0.2, -0.15) is 0 Å². The molecule has 1 aliphatic heterocycles. The van der Waals surface area contributed by atoms with Crippen LogP contribution in [0.5, 0.6) is 0 Å². The minimum Gasteiger partial charge on any atom is -0.399 e. The van der Waals surface area contributed by atoms with Gasteiger partial charge in [0.15, 0.2) is 0 Å². The Hall–Kier alpha value is -1.97. The van der Waals surface area contributed by atoms with Crippen molar-refractivity contribution in [2.45, 2.75) is 25.8 Å². The Bertz CT molecular complexity index is 559. The number of hydrogen-bond acceptors (Lipinski definition) is 3. The molecule has 4 nitrogen and oxygen atoms in total. The number of rotatable bonds is 2. The fourth-order valence-corrected chi connectivity index (χ4v) is 2.54. The van der Waals surface area contributed by atoms with Crippen molar-refractivity contribution < 1.29 is 0 Å². The lowest BCUT2D eigenvalue weighted by atomic mass is 10.0. The highest BCUT2D eigenvalue weighted by Gasteiger charge is 2.22. The quantitative estimate of drug-likeness (QED) is 0.795. The molecule has 0 saturated heterocycles. The van der Waals surface area contributed by atoms with E-state index in [0.29, 0.717) is 6.04 Å². The SMILES string of the molecule is CCc1cn2c(n1)NCCC2c1cccc(N)c1. The van der Waals surface area contributed by atoms with E-state index in [1.54, 1.807) is 0 Å². The first-order valence-corrected chi connectivity index (χ1v) is 6.45. The van der Waals surface area contributed by atoms with Gasteiger partial charge in [-0.05, 0) is 30.5 Å². The van der Waals surface area contributed by atoms with E-state index >= 15 is 0 Å². The zero-order valence-corrected chi connectivity index (χ0v) is 10.6. The lowest BCUT2D eigenvalue weighted by molar-refractivity contribution is 0.530. The first-order valence-electron chi connectivity index (χ1n) is 6.45. The average molecular weight is 242 g/mol. The second-order valence-electron chi connectivity index (χ2n) is 4.72. The molecule has 1 unspecified atom stereocenters. The summed E-state index contributed by atoms with van der Waals surface area (Å²) in [7, 11) is 0. The number of anilines is 2. The molecule has 0 aliphatic carbocycles. The van der Waals surface area contributed by atoms with E-state index in [1.165, 1.54) is 5.56 Å². The van der Waals surface area contributed by atoms with Gasteiger partial charge in [0, 0.05) is 18.4 Å². The largest absolute Gasteiger partial charge is 0.399 e. The summed E-state index contributed by atoms with van der Waals surface area (Å²) in [6.07, 6.45) is 4.18. The maximum Gasteiger partial charge on any atom is 0.203 e. The van der Waals surface area contributed by atoms with Gasteiger partial charge in [0.05, 0.1) is 11.7 Å². The second-order valence-corrected chi connectivity index (χ2v) is 4.72. The average Bonchev–Trinajstić information content (AvgIpc) is 2.81. The predicted octanol–water partition coefficient (Wildman–Crippen LogP) is 2.43. The number of fused-ring (bicyclic) bond motifs is 1. The van der Waals surface area contributed by atoms with Crippen molar-refractivity contribution in [2.24, 2.45) is 0 Å². The number of aryl methyl sites for hydroxylation is 1. The third kappa shape index (κ3) is 1.83. The number of imidazole rings is 1. The molecule has 1 aliphatic rings. The Morgan fingerprint density at radius 2 is 2.39 bits per heavy atom. The number of nitrogens with two attached hydrogens (primary N) is 1. The molecule has 0 radical (unpaired) electrons. The number of nitrogens with zero attached hydrogens (tertiary/aromatic N) is 2. The van der Waals surface area contributed by atoms with E-state index in [1.807, 2.05) is 12.1 Å². The van der Waals surface area contributed by atoms with Gasteiger partial charge >= 0.3 is 0 Å². The molecule has 1 aromatic carbocycles. The van der Waals surface area contributed by atoms with Crippen LogP contribution in [0.3, 0.4) is 0 Å². The number of aromatic nitrogens is 2. The first-order chi connectivity index (χ1) is 8.78. The molecule has 0 spiro atoms. The van der Waals surface area contributed by atoms with E-state index in [2.05, 4.69) is 40.1 Å². The van der Waals surface area contributed by atoms with E-state index in [4.69, 9.17) is 5.73 Å². The van der Waals surface area contributed by atoms with Crippen molar-refractivity contribution in [1.82, 2.24) is 9.55 Å². The minimum atomic E-state index is 0.345. The van der Waals surface area contributed by atoms with Crippen LogP contribution in [0.25, 0.3) is 0 Å². The van der Waals surface area contributed by atoms with Gasteiger partial charge in [0.1, 0.15) is 0 Å². The van der Waals surface area contributed by atoms with E-state index < -0.39 is 0 Å². The topological polar surface area (TPSA) is 55.9 Å². The van der Waals surface area contributed by atoms with Crippen LogP contribution in [0.1, 0.15) is 30.6 Å². The van der Waals surface area contributed by atoms with E-state index in [9.17, 15) is 0 Å². The maximum absolute atomic E-state index is 5.88. The standard InChI is InChI=1S/C14H18N4/c1-2-12-9-18-13(6-7-16-14(18)17-12)10-4-3-5-11(15)8-10/h3-5,8-9,13H,2,6-7,15H2,1H3,(H,16,17). The summed E-state index contributed by atoms with van der Waals surface area (Å²) < 4.78 is 2.23.